The summed E-state index contributed by atoms with van der Waals surface area (Å²) in [6.07, 6.45) is 1.68. The summed E-state index contributed by atoms with van der Waals surface area (Å²) in [6, 6.07) is 22.3. The number of methoxy groups -OCH3 is 2. The average molecular weight is 585 g/mol. The molecule has 2 heterocycles. The first-order chi connectivity index (χ1) is 20.4. The van der Waals surface area contributed by atoms with Crippen LogP contribution in [-0.4, -0.2) is 73.8 Å². The van der Waals surface area contributed by atoms with Crippen LogP contribution in [0.1, 0.15) is 22.8 Å². The van der Waals surface area contributed by atoms with E-state index in [0.29, 0.717) is 59.7 Å². The minimum atomic E-state index is -0.287. The highest BCUT2D eigenvalue weighted by atomic mass is 32.2. The van der Waals surface area contributed by atoms with Gasteiger partial charge in [-0.05, 0) is 55.5 Å². The first-order valence-corrected chi connectivity index (χ1v) is 14.6. The SMILES string of the molecule is COc1cccc(/C=C2/N=C(SCC(=O)N3CCN(c4ccc(C(C)=O)cc4)CC3)N(c3ccccc3)C2=O)c1OC. The van der Waals surface area contributed by atoms with Gasteiger partial charge < -0.3 is 19.3 Å². The summed E-state index contributed by atoms with van der Waals surface area (Å²) < 4.78 is 10.9. The maximum atomic E-state index is 13.6. The van der Waals surface area contributed by atoms with E-state index in [1.165, 1.54) is 11.8 Å². The number of benzene rings is 3. The van der Waals surface area contributed by atoms with Crippen molar-refractivity contribution in [3.05, 3.63) is 89.6 Å². The number of hydrogen-bond acceptors (Lipinski definition) is 8. The van der Waals surface area contributed by atoms with E-state index in [1.807, 2.05) is 71.6 Å². The lowest BCUT2D eigenvalue weighted by Crippen LogP contribution is -2.49. The molecule has 10 heteroatoms. The highest BCUT2D eigenvalue weighted by molar-refractivity contribution is 8.14. The lowest BCUT2D eigenvalue weighted by atomic mass is 10.1. The summed E-state index contributed by atoms with van der Waals surface area (Å²) in [7, 11) is 3.11. The summed E-state index contributed by atoms with van der Waals surface area (Å²) in [6.45, 7) is 4.12. The molecule has 0 spiro atoms. The number of carbonyl (C=O) groups is 3. The fourth-order valence-electron chi connectivity index (χ4n) is 4.91. The first kappa shape index (κ1) is 28.9. The van der Waals surface area contributed by atoms with Crippen molar-refractivity contribution in [3.8, 4) is 11.5 Å². The number of nitrogens with zero attached hydrogens (tertiary/aromatic N) is 4. The standard InChI is InChI=1S/C32H32N4O5S/c1-22(37)23-12-14-25(15-13-23)34-16-18-35(19-17-34)29(38)21-42-32-33-27(31(39)36(32)26-9-5-4-6-10-26)20-24-8-7-11-28(40-2)30(24)41-3/h4-15,20H,16-19,21H2,1-3H3/b27-20+. The second-order valence-corrected chi connectivity index (χ2v) is 10.7. The molecule has 0 radical (unpaired) electrons. The van der Waals surface area contributed by atoms with Gasteiger partial charge in [0.05, 0.1) is 25.7 Å². The van der Waals surface area contributed by atoms with Gasteiger partial charge in [-0.2, -0.15) is 0 Å². The molecule has 2 amide bonds. The van der Waals surface area contributed by atoms with Gasteiger partial charge in [0.25, 0.3) is 5.91 Å². The van der Waals surface area contributed by atoms with Crippen LogP contribution in [0.25, 0.3) is 6.08 Å². The second kappa shape index (κ2) is 12.9. The van der Waals surface area contributed by atoms with E-state index in [0.717, 1.165) is 5.69 Å². The van der Waals surface area contributed by atoms with Crippen LogP contribution < -0.4 is 19.3 Å². The van der Waals surface area contributed by atoms with E-state index in [9.17, 15) is 14.4 Å². The quantitative estimate of drug-likeness (QED) is 0.279. The Labute approximate surface area is 249 Å². The smallest absolute Gasteiger partial charge is 0.283 e. The molecular formula is C32H32N4O5S. The van der Waals surface area contributed by atoms with Crippen LogP contribution >= 0.6 is 11.8 Å². The Hall–Kier alpha value is -4.57. The number of piperazine rings is 1. The fourth-order valence-corrected chi connectivity index (χ4v) is 5.82. The van der Waals surface area contributed by atoms with Crippen LogP contribution in [0.2, 0.25) is 0 Å². The molecule has 0 bridgehead atoms. The van der Waals surface area contributed by atoms with Crippen molar-refractivity contribution < 1.29 is 23.9 Å². The number of amidine groups is 1. The van der Waals surface area contributed by atoms with Gasteiger partial charge in [-0.1, -0.05) is 42.1 Å². The Morgan fingerprint density at radius 3 is 2.24 bits per heavy atom. The molecule has 1 saturated heterocycles. The Bertz CT molecular complexity index is 1530. The third kappa shape index (κ3) is 6.18. The van der Waals surface area contributed by atoms with Crippen molar-refractivity contribution in [2.75, 3.05) is 56.0 Å². The zero-order chi connectivity index (χ0) is 29.6. The number of thioether (sulfide) groups is 1. The third-order valence-corrected chi connectivity index (χ3v) is 8.09. The molecule has 1 fully saturated rings. The number of aliphatic imine (C=N–C) groups is 1. The Balaban J connectivity index is 1.29. The van der Waals surface area contributed by atoms with Crippen LogP contribution in [0.15, 0.2) is 83.5 Å². The molecule has 9 nitrogen and oxygen atoms in total. The molecule has 42 heavy (non-hydrogen) atoms. The Morgan fingerprint density at radius 2 is 1.60 bits per heavy atom. The van der Waals surface area contributed by atoms with Crippen LogP contribution in [0.5, 0.6) is 11.5 Å². The van der Waals surface area contributed by atoms with Gasteiger partial charge >= 0.3 is 0 Å². The number of hydrogen-bond donors (Lipinski definition) is 0. The lowest BCUT2D eigenvalue weighted by Gasteiger charge is -2.36. The minimum absolute atomic E-state index is 0.0124. The number of carbonyl (C=O) groups excluding carboxylic acids is 3. The van der Waals surface area contributed by atoms with Gasteiger partial charge in [0.2, 0.25) is 5.91 Å². The van der Waals surface area contributed by atoms with Crippen molar-refractivity contribution in [1.82, 2.24) is 4.90 Å². The van der Waals surface area contributed by atoms with Crippen LogP contribution in [0.3, 0.4) is 0 Å². The molecule has 3 aromatic carbocycles. The summed E-state index contributed by atoms with van der Waals surface area (Å²) in [4.78, 5) is 48.6. The highest BCUT2D eigenvalue weighted by Crippen LogP contribution is 2.35. The molecule has 0 aliphatic carbocycles. The predicted molar refractivity (Wildman–Crippen MR) is 167 cm³/mol. The van der Waals surface area contributed by atoms with Crippen LogP contribution in [0.4, 0.5) is 11.4 Å². The van der Waals surface area contributed by atoms with E-state index >= 15 is 0 Å². The molecule has 3 aromatic rings. The Morgan fingerprint density at radius 1 is 0.881 bits per heavy atom. The monoisotopic (exact) mass is 584 g/mol. The van der Waals surface area contributed by atoms with Gasteiger partial charge in [-0.25, -0.2) is 4.99 Å². The topological polar surface area (TPSA) is 91.8 Å². The van der Waals surface area contributed by atoms with Crippen molar-refractivity contribution in [3.63, 3.8) is 0 Å². The maximum absolute atomic E-state index is 13.6. The van der Waals surface area contributed by atoms with Crippen molar-refractivity contribution in [1.29, 1.82) is 0 Å². The summed E-state index contributed by atoms with van der Waals surface area (Å²) >= 11 is 1.25. The van der Waals surface area contributed by atoms with E-state index in [2.05, 4.69) is 9.89 Å². The molecule has 0 unspecified atom stereocenters. The van der Waals surface area contributed by atoms with Crippen molar-refractivity contribution in [2.24, 2.45) is 4.99 Å². The van der Waals surface area contributed by atoms with E-state index in [1.54, 1.807) is 38.2 Å². The second-order valence-electron chi connectivity index (χ2n) is 9.74. The van der Waals surface area contributed by atoms with Crippen molar-refractivity contribution in [2.45, 2.75) is 6.92 Å². The highest BCUT2D eigenvalue weighted by Gasteiger charge is 2.33. The zero-order valence-electron chi connectivity index (χ0n) is 23.8. The first-order valence-electron chi connectivity index (χ1n) is 13.6. The summed E-state index contributed by atoms with van der Waals surface area (Å²) in [5.74, 6) is 0.948. The minimum Gasteiger partial charge on any atom is -0.493 e. The fraction of sp³-hybridized carbons (Fsp3) is 0.250. The van der Waals surface area contributed by atoms with Gasteiger partial charge in [0.1, 0.15) is 5.70 Å². The van der Waals surface area contributed by atoms with Gasteiger partial charge in [0.15, 0.2) is 22.4 Å². The largest absolute Gasteiger partial charge is 0.493 e. The number of ketones is 1. The predicted octanol–water partition coefficient (Wildman–Crippen LogP) is 4.73. The maximum Gasteiger partial charge on any atom is 0.283 e. The molecule has 0 aromatic heterocycles. The molecular weight excluding hydrogens is 552 g/mol. The number of Topliss-reactive ketones (excluding diaryl/α,β-unsaturated/α-hetero) is 1. The van der Waals surface area contributed by atoms with Gasteiger partial charge in [0, 0.05) is 43.0 Å². The molecule has 2 aliphatic rings. The van der Waals surface area contributed by atoms with Crippen LogP contribution in [-0.2, 0) is 9.59 Å². The molecule has 0 N–H and O–H groups in total. The number of para-hydroxylation sites is 2. The summed E-state index contributed by atoms with van der Waals surface area (Å²) in [5.41, 5.74) is 3.29. The lowest BCUT2D eigenvalue weighted by molar-refractivity contribution is -0.128. The van der Waals surface area contributed by atoms with Gasteiger partial charge in [-0.15, -0.1) is 0 Å². The molecule has 0 saturated carbocycles. The Kier molecular flexibility index (Phi) is 8.92. The normalized spacial score (nSPS) is 16.1. The van der Waals surface area contributed by atoms with Crippen molar-refractivity contribution >= 4 is 52.0 Å². The summed E-state index contributed by atoms with van der Waals surface area (Å²) in [5, 5.41) is 0.442. The number of ether oxygens (including phenoxy) is 2. The number of rotatable bonds is 8. The average Bonchev–Trinajstić information content (AvgIpc) is 3.34. The molecule has 216 valence electrons. The van der Waals surface area contributed by atoms with E-state index in [-0.39, 0.29) is 29.0 Å². The third-order valence-electron chi connectivity index (χ3n) is 7.17. The number of anilines is 2. The van der Waals surface area contributed by atoms with E-state index < -0.39 is 0 Å². The van der Waals surface area contributed by atoms with E-state index in [4.69, 9.17) is 9.47 Å². The van der Waals surface area contributed by atoms with Crippen LogP contribution in [0, 0.1) is 0 Å². The molecule has 0 atom stereocenters. The molecule has 2 aliphatic heterocycles. The number of amides is 2. The molecule has 5 rings (SSSR count). The van der Waals surface area contributed by atoms with Gasteiger partial charge in [-0.3, -0.25) is 19.3 Å². The zero-order valence-corrected chi connectivity index (χ0v) is 24.6.